The molecule has 1 amide bonds. The monoisotopic (exact) mass is 495 g/mol. The van der Waals surface area contributed by atoms with Crippen molar-refractivity contribution in [2.75, 3.05) is 15.5 Å². The highest BCUT2D eigenvalue weighted by atomic mass is 32.2. The van der Waals surface area contributed by atoms with Crippen LogP contribution in [0.4, 0.5) is 22.7 Å². The maximum Gasteiger partial charge on any atom is 0.270 e. The van der Waals surface area contributed by atoms with Gasteiger partial charge in [0.05, 0.1) is 22.0 Å². The molecule has 3 rings (SSSR count). The van der Waals surface area contributed by atoms with Crippen molar-refractivity contribution in [1.29, 1.82) is 0 Å². The SMILES string of the molecule is CC(=O)Nc1cccc(/C(C)=N\Nc2ccc([N+](=O)[O-])cc2S(=O)(=O)Nc2ccc(C)cc2C)c1. The van der Waals surface area contributed by atoms with Crippen LogP contribution in [0.25, 0.3) is 0 Å². The van der Waals surface area contributed by atoms with Crippen LogP contribution in [0.1, 0.15) is 30.5 Å². The summed E-state index contributed by atoms with van der Waals surface area (Å²) >= 11 is 0. The Morgan fingerprint density at radius 3 is 2.34 bits per heavy atom. The number of anilines is 3. The second-order valence-corrected chi connectivity index (χ2v) is 9.58. The van der Waals surface area contributed by atoms with Crippen molar-refractivity contribution < 1.29 is 18.1 Å². The van der Waals surface area contributed by atoms with Crippen molar-refractivity contribution in [2.24, 2.45) is 5.10 Å². The van der Waals surface area contributed by atoms with Gasteiger partial charge in [-0.1, -0.05) is 29.8 Å². The van der Waals surface area contributed by atoms with Crippen molar-refractivity contribution in [2.45, 2.75) is 32.6 Å². The average molecular weight is 496 g/mol. The number of sulfonamides is 1. The van der Waals surface area contributed by atoms with Crippen molar-refractivity contribution >= 4 is 44.4 Å². The van der Waals surface area contributed by atoms with Crippen LogP contribution in [0.2, 0.25) is 0 Å². The fourth-order valence-corrected chi connectivity index (χ4v) is 4.61. The molecule has 182 valence electrons. The number of non-ortho nitro benzene ring substituents is 1. The Kier molecular flexibility index (Phi) is 7.50. The summed E-state index contributed by atoms with van der Waals surface area (Å²) in [5, 5.41) is 18.3. The van der Waals surface area contributed by atoms with Gasteiger partial charge in [0.15, 0.2) is 0 Å². The second kappa shape index (κ2) is 10.3. The predicted octanol–water partition coefficient (Wildman–Crippen LogP) is 4.81. The molecular formula is C24H25N5O5S. The Labute approximate surface area is 203 Å². The van der Waals surface area contributed by atoms with Crippen LogP contribution in [-0.4, -0.2) is 25.0 Å². The summed E-state index contributed by atoms with van der Waals surface area (Å²) in [6.45, 7) is 6.76. The molecule has 0 fully saturated rings. The van der Waals surface area contributed by atoms with E-state index in [1.165, 1.54) is 19.1 Å². The first kappa shape index (κ1) is 25.4. The molecule has 0 aliphatic carbocycles. The first-order chi connectivity index (χ1) is 16.5. The highest BCUT2D eigenvalue weighted by Crippen LogP contribution is 2.29. The van der Waals surface area contributed by atoms with Crippen LogP contribution < -0.4 is 15.5 Å². The highest BCUT2D eigenvalue weighted by Gasteiger charge is 2.23. The third-order valence-corrected chi connectivity index (χ3v) is 6.44. The lowest BCUT2D eigenvalue weighted by Gasteiger charge is -2.14. The lowest BCUT2D eigenvalue weighted by atomic mass is 10.1. The van der Waals surface area contributed by atoms with E-state index in [0.717, 1.165) is 11.6 Å². The van der Waals surface area contributed by atoms with Crippen LogP contribution in [0.5, 0.6) is 0 Å². The van der Waals surface area contributed by atoms with Crippen molar-refractivity contribution in [3.63, 3.8) is 0 Å². The van der Waals surface area contributed by atoms with E-state index in [2.05, 4.69) is 20.6 Å². The molecule has 0 radical (unpaired) electrons. The van der Waals surface area contributed by atoms with E-state index in [0.29, 0.717) is 28.2 Å². The number of aryl methyl sites for hydroxylation is 2. The Morgan fingerprint density at radius 2 is 1.69 bits per heavy atom. The number of hydrogen-bond donors (Lipinski definition) is 3. The smallest absolute Gasteiger partial charge is 0.270 e. The minimum absolute atomic E-state index is 0.0604. The second-order valence-electron chi connectivity index (χ2n) is 7.93. The van der Waals surface area contributed by atoms with Crippen LogP contribution >= 0.6 is 0 Å². The average Bonchev–Trinajstić information content (AvgIpc) is 2.79. The molecule has 3 aromatic carbocycles. The van der Waals surface area contributed by atoms with Gasteiger partial charge in [-0.2, -0.15) is 5.10 Å². The van der Waals surface area contributed by atoms with Gasteiger partial charge in [-0.15, -0.1) is 0 Å². The van der Waals surface area contributed by atoms with Crippen molar-refractivity contribution in [3.8, 4) is 0 Å². The Balaban J connectivity index is 1.97. The summed E-state index contributed by atoms with van der Waals surface area (Å²) in [5.74, 6) is -0.216. The molecule has 35 heavy (non-hydrogen) atoms. The maximum atomic E-state index is 13.2. The van der Waals surface area contributed by atoms with Crippen LogP contribution in [0.15, 0.2) is 70.7 Å². The number of hydrogen-bond acceptors (Lipinski definition) is 7. The number of carbonyl (C=O) groups is 1. The van der Waals surface area contributed by atoms with Gasteiger partial charge in [0.25, 0.3) is 15.7 Å². The van der Waals surface area contributed by atoms with Gasteiger partial charge >= 0.3 is 0 Å². The topological polar surface area (TPSA) is 143 Å². The molecular weight excluding hydrogens is 470 g/mol. The molecule has 0 saturated carbocycles. The minimum Gasteiger partial charge on any atom is -0.326 e. The Hall–Kier alpha value is -4.25. The van der Waals surface area contributed by atoms with Crippen LogP contribution in [0, 0.1) is 24.0 Å². The molecule has 0 saturated heterocycles. The zero-order valence-corrected chi connectivity index (χ0v) is 20.4. The standard InChI is InChI=1S/C24H25N5O5S/c1-15-8-10-22(16(2)12-15)28-35(33,34)24-14-21(29(31)32)9-11-23(24)27-26-17(3)19-6-5-7-20(13-19)25-18(4)30/h5-14,27-28H,1-4H3,(H,25,30)/b26-17-. The quantitative estimate of drug-likeness (QED) is 0.233. The molecule has 0 aromatic heterocycles. The molecule has 0 atom stereocenters. The summed E-state index contributed by atoms with van der Waals surface area (Å²) in [6, 6.07) is 15.7. The maximum absolute atomic E-state index is 13.2. The first-order valence-electron chi connectivity index (χ1n) is 10.5. The summed E-state index contributed by atoms with van der Waals surface area (Å²) in [4.78, 5) is 21.6. The number of nitrogens with one attached hydrogen (secondary N) is 3. The van der Waals surface area contributed by atoms with E-state index < -0.39 is 14.9 Å². The third kappa shape index (κ3) is 6.42. The third-order valence-electron chi connectivity index (χ3n) is 5.04. The van der Waals surface area contributed by atoms with Gasteiger partial charge < -0.3 is 5.32 Å². The molecule has 0 spiro atoms. The van der Waals surface area contributed by atoms with Gasteiger partial charge in [-0.05, 0) is 56.2 Å². The van der Waals surface area contributed by atoms with E-state index in [1.807, 2.05) is 13.0 Å². The van der Waals surface area contributed by atoms with E-state index in [1.54, 1.807) is 50.2 Å². The summed E-state index contributed by atoms with van der Waals surface area (Å²) < 4.78 is 29.0. The lowest BCUT2D eigenvalue weighted by molar-refractivity contribution is -0.385. The zero-order chi connectivity index (χ0) is 25.8. The fraction of sp³-hybridized carbons (Fsp3) is 0.167. The first-order valence-corrected chi connectivity index (χ1v) is 12.0. The van der Waals surface area contributed by atoms with E-state index in [4.69, 9.17) is 0 Å². The van der Waals surface area contributed by atoms with Crippen LogP contribution in [0.3, 0.4) is 0 Å². The number of nitrogens with zero attached hydrogens (tertiary/aromatic N) is 2. The number of nitro groups is 1. The van der Waals surface area contributed by atoms with Gasteiger partial charge in [0.1, 0.15) is 4.90 Å². The number of benzene rings is 3. The van der Waals surface area contributed by atoms with Crippen LogP contribution in [-0.2, 0) is 14.8 Å². The fourth-order valence-electron chi connectivity index (χ4n) is 3.30. The molecule has 11 heteroatoms. The van der Waals surface area contributed by atoms with E-state index >= 15 is 0 Å². The number of hydrazone groups is 1. The summed E-state index contributed by atoms with van der Waals surface area (Å²) in [5.41, 5.74) is 6.21. The number of carbonyl (C=O) groups excluding carboxylic acids is 1. The molecule has 0 aliphatic rings. The number of nitro benzene ring substituents is 1. The normalized spacial score (nSPS) is 11.6. The summed E-state index contributed by atoms with van der Waals surface area (Å²) in [6.07, 6.45) is 0. The van der Waals surface area contributed by atoms with Gasteiger partial charge in [-0.3, -0.25) is 25.1 Å². The molecule has 0 bridgehead atoms. The molecule has 0 aliphatic heterocycles. The molecule has 0 unspecified atom stereocenters. The molecule has 3 N–H and O–H groups in total. The Morgan fingerprint density at radius 1 is 0.971 bits per heavy atom. The zero-order valence-electron chi connectivity index (χ0n) is 19.6. The summed E-state index contributed by atoms with van der Waals surface area (Å²) in [7, 11) is -4.20. The van der Waals surface area contributed by atoms with Crippen molar-refractivity contribution in [3.05, 3.63) is 87.5 Å². The molecule has 3 aromatic rings. The predicted molar refractivity (Wildman–Crippen MR) is 136 cm³/mol. The van der Waals surface area contributed by atoms with E-state index in [-0.39, 0.29) is 22.2 Å². The van der Waals surface area contributed by atoms with E-state index in [9.17, 15) is 23.3 Å². The van der Waals surface area contributed by atoms with Gasteiger partial charge in [-0.25, -0.2) is 8.42 Å². The van der Waals surface area contributed by atoms with Crippen molar-refractivity contribution in [1.82, 2.24) is 0 Å². The highest BCUT2D eigenvalue weighted by molar-refractivity contribution is 7.92. The largest absolute Gasteiger partial charge is 0.326 e. The van der Waals surface area contributed by atoms with Gasteiger partial charge in [0, 0.05) is 24.7 Å². The molecule has 10 nitrogen and oxygen atoms in total. The Bertz CT molecular complexity index is 1430. The minimum atomic E-state index is -4.20. The number of amides is 1. The molecule has 0 heterocycles. The lowest BCUT2D eigenvalue weighted by Crippen LogP contribution is -2.16. The number of rotatable bonds is 8. The van der Waals surface area contributed by atoms with Gasteiger partial charge in [0.2, 0.25) is 5.91 Å².